The lowest BCUT2D eigenvalue weighted by atomic mass is 9.74. The van der Waals surface area contributed by atoms with Gasteiger partial charge in [0.05, 0.1) is 11.5 Å². The monoisotopic (exact) mass is 341 g/mol. The summed E-state index contributed by atoms with van der Waals surface area (Å²) in [6.45, 7) is 0.883. The highest BCUT2D eigenvalue weighted by Crippen LogP contribution is 2.37. The highest BCUT2D eigenvalue weighted by Gasteiger charge is 2.41. The summed E-state index contributed by atoms with van der Waals surface area (Å²) in [6, 6.07) is 7.89. The summed E-state index contributed by atoms with van der Waals surface area (Å²) in [4.78, 5) is 2.02. The number of benzene rings is 1. The maximum absolute atomic E-state index is 12.8. The van der Waals surface area contributed by atoms with Gasteiger partial charge in [-0.25, -0.2) is 0 Å². The van der Waals surface area contributed by atoms with Gasteiger partial charge in [0.1, 0.15) is 0 Å². The zero-order chi connectivity index (χ0) is 17.4. The number of hydrogen-bond acceptors (Lipinski definition) is 3. The van der Waals surface area contributed by atoms with Gasteiger partial charge in [-0.1, -0.05) is 25.0 Å². The van der Waals surface area contributed by atoms with Crippen LogP contribution in [0, 0.1) is 5.92 Å². The predicted molar refractivity (Wildman–Crippen MR) is 89.7 cm³/mol. The maximum Gasteiger partial charge on any atom is 0.391 e. The lowest BCUT2D eigenvalue weighted by Gasteiger charge is -2.40. The van der Waals surface area contributed by atoms with Crippen LogP contribution < -0.4 is 16.4 Å². The van der Waals surface area contributed by atoms with E-state index in [2.05, 4.69) is 0 Å². The van der Waals surface area contributed by atoms with Crippen LogP contribution >= 0.6 is 0 Å². The van der Waals surface area contributed by atoms with Crippen molar-refractivity contribution in [3.05, 3.63) is 29.8 Å². The van der Waals surface area contributed by atoms with Crippen LogP contribution in [-0.4, -0.2) is 25.3 Å². The first kappa shape index (κ1) is 17.5. The van der Waals surface area contributed by atoms with E-state index in [1.54, 1.807) is 0 Å². The molecule has 1 heterocycles. The van der Waals surface area contributed by atoms with E-state index in [1.165, 1.54) is 0 Å². The Hall–Kier alpha value is -1.27. The van der Waals surface area contributed by atoms with Crippen molar-refractivity contribution in [3.63, 3.8) is 0 Å². The molecule has 0 radical (unpaired) electrons. The third kappa shape index (κ3) is 3.40. The average molecular weight is 341 g/mol. The number of halogens is 3. The number of alkyl halides is 3. The Kier molecular flexibility index (Phi) is 4.80. The molecule has 1 aliphatic carbocycles. The Labute approximate surface area is 141 Å². The molecule has 1 aliphatic heterocycles. The minimum absolute atomic E-state index is 0.0420. The van der Waals surface area contributed by atoms with Crippen molar-refractivity contribution in [2.45, 2.75) is 56.3 Å². The minimum Gasteiger partial charge on any atom is -0.372 e. The maximum atomic E-state index is 12.8. The van der Waals surface area contributed by atoms with Gasteiger partial charge in [-0.15, -0.1) is 0 Å². The van der Waals surface area contributed by atoms with Crippen LogP contribution in [0.3, 0.4) is 0 Å². The molecule has 1 saturated heterocycles. The molecular weight excluding hydrogens is 315 g/mol. The quantitative estimate of drug-likeness (QED) is 0.865. The van der Waals surface area contributed by atoms with Crippen LogP contribution in [0.4, 0.5) is 18.9 Å². The van der Waals surface area contributed by atoms with Gasteiger partial charge in [-0.05, 0) is 43.4 Å². The van der Waals surface area contributed by atoms with E-state index in [9.17, 15) is 13.2 Å². The second-order valence-corrected chi connectivity index (χ2v) is 7.24. The normalized spacial score (nSPS) is 29.7. The molecule has 3 rings (SSSR count). The lowest BCUT2D eigenvalue weighted by molar-refractivity contribution is -0.179. The smallest absolute Gasteiger partial charge is 0.372 e. The number of nitrogens with two attached hydrogens (primary N) is 2. The van der Waals surface area contributed by atoms with Crippen LogP contribution in [0.15, 0.2) is 24.3 Å². The molecule has 0 aromatic heterocycles. The Morgan fingerprint density at radius 2 is 1.62 bits per heavy atom. The number of piperidine rings is 1. The minimum atomic E-state index is -4.07. The van der Waals surface area contributed by atoms with E-state index >= 15 is 0 Å². The predicted octanol–water partition coefficient (Wildman–Crippen LogP) is 3.52. The molecule has 2 fully saturated rings. The van der Waals surface area contributed by atoms with Crippen LogP contribution in [0.2, 0.25) is 0 Å². The SMILES string of the molecule is NC1CCCCC1(N)c1ccc(N2CCC(C(F)(F)F)CC2)cc1. The molecule has 24 heavy (non-hydrogen) atoms. The summed E-state index contributed by atoms with van der Waals surface area (Å²) in [6.07, 6.45) is 0.268. The molecule has 0 spiro atoms. The Bertz CT molecular complexity index is 550. The van der Waals surface area contributed by atoms with E-state index in [-0.39, 0.29) is 18.9 Å². The molecule has 2 atom stereocenters. The highest BCUT2D eigenvalue weighted by atomic mass is 19.4. The summed E-state index contributed by atoms with van der Waals surface area (Å²) < 4.78 is 38.3. The van der Waals surface area contributed by atoms with E-state index in [0.29, 0.717) is 13.1 Å². The van der Waals surface area contributed by atoms with Crippen LogP contribution in [0.1, 0.15) is 44.1 Å². The number of hydrogen-bond donors (Lipinski definition) is 2. The number of rotatable bonds is 2. The average Bonchev–Trinajstić information content (AvgIpc) is 2.57. The lowest BCUT2D eigenvalue weighted by Crippen LogP contribution is -2.54. The largest absolute Gasteiger partial charge is 0.391 e. The van der Waals surface area contributed by atoms with Gasteiger partial charge >= 0.3 is 6.18 Å². The van der Waals surface area contributed by atoms with E-state index in [4.69, 9.17) is 11.5 Å². The second-order valence-electron chi connectivity index (χ2n) is 7.24. The first-order valence-corrected chi connectivity index (χ1v) is 8.77. The van der Waals surface area contributed by atoms with Gasteiger partial charge in [0.25, 0.3) is 0 Å². The molecule has 2 aliphatic rings. The van der Waals surface area contributed by atoms with Gasteiger partial charge in [-0.3, -0.25) is 0 Å². The van der Waals surface area contributed by atoms with Crippen molar-refractivity contribution >= 4 is 5.69 Å². The van der Waals surface area contributed by atoms with Crippen molar-refractivity contribution in [2.75, 3.05) is 18.0 Å². The topological polar surface area (TPSA) is 55.3 Å². The Morgan fingerprint density at radius 1 is 1.00 bits per heavy atom. The molecule has 2 unspecified atom stereocenters. The van der Waals surface area contributed by atoms with Gasteiger partial charge in [-0.2, -0.15) is 13.2 Å². The zero-order valence-electron chi connectivity index (χ0n) is 13.9. The van der Waals surface area contributed by atoms with Gasteiger partial charge in [0, 0.05) is 24.8 Å². The van der Waals surface area contributed by atoms with Crippen LogP contribution in [0.25, 0.3) is 0 Å². The number of anilines is 1. The van der Waals surface area contributed by atoms with Crippen molar-refractivity contribution in [2.24, 2.45) is 17.4 Å². The summed E-state index contributed by atoms with van der Waals surface area (Å²) >= 11 is 0. The zero-order valence-corrected chi connectivity index (χ0v) is 13.9. The summed E-state index contributed by atoms with van der Waals surface area (Å²) in [7, 11) is 0. The summed E-state index contributed by atoms with van der Waals surface area (Å²) in [5, 5.41) is 0. The fourth-order valence-corrected chi connectivity index (χ4v) is 4.03. The van der Waals surface area contributed by atoms with Gasteiger partial charge in [0.15, 0.2) is 0 Å². The van der Waals surface area contributed by atoms with Crippen molar-refractivity contribution < 1.29 is 13.2 Å². The highest BCUT2D eigenvalue weighted by molar-refractivity contribution is 5.49. The van der Waals surface area contributed by atoms with Crippen molar-refractivity contribution in [1.29, 1.82) is 0 Å². The molecule has 1 aromatic carbocycles. The van der Waals surface area contributed by atoms with Gasteiger partial charge < -0.3 is 16.4 Å². The third-order valence-corrected chi connectivity index (χ3v) is 5.75. The molecule has 0 amide bonds. The van der Waals surface area contributed by atoms with Crippen LogP contribution in [-0.2, 0) is 5.54 Å². The molecule has 1 saturated carbocycles. The van der Waals surface area contributed by atoms with E-state index < -0.39 is 17.6 Å². The molecule has 4 N–H and O–H groups in total. The fourth-order valence-electron chi connectivity index (χ4n) is 4.03. The van der Waals surface area contributed by atoms with Crippen molar-refractivity contribution in [1.82, 2.24) is 0 Å². The molecule has 3 nitrogen and oxygen atoms in total. The Morgan fingerprint density at radius 3 is 2.17 bits per heavy atom. The molecule has 134 valence electrons. The molecule has 6 heteroatoms. The first-order valence-electron chi connectivity index (χ1n) is 8.77. The summed E-state index contributed by atoms with van der Waals surface area (Å²) in [5.74, 6) is -1.17. The summed E-state index contributed by atoms with van der Waals surface area (Å²) in [5.41, 5.74) is 14.3. The van der Waals surface area contributed by atoms with E-state index in [1.807, 2.05) is 29.2 Å². The molecule has 0 bridgehead atoms. The van der Waals surface area contributed by atoms with Crippen molar-refractivity contribution in [3.8, 4) is 0 Å². The van der Waals surface area contributed by atoms with E-state index in [0.717, 1.165) is 36.9 Å². The second kappa shape index (κ2) is 6.56. The molecule has 1 aromatic rings. The fraction of sp³-hybridized carbons (Fsp3) is 0.667. The number of nitrogens with zero attached hydrogens (tertiary/aromatic N) is 1. The standard InChI is InChI=1S/C18H26F3N3/c19-18(20,21)14-8-11-24(12-9-14)15-6-4-13(5-7-15)17(23)10-2-1-3-16(17)22/h4-7,14,16H,1-3,8-12,22-23H2. The van der Waals surface area contributed by atoms with Crippen LogP contribution in [0.5, 0.6) is 0 Å². The first-order chi connectivity index (χ1) is 11.3. The molecular formula is C18H26F3N3. The van der Waals surface area contributed by atoms with Gasteiger partial charge in [0.2, 0.25) is 0 Å². The third-order valence-electron chi connectivity index (χ3n) is 5.75. The Balaban J connectivity index is 1.67.